The van der Waals surface area contributed by atoms with Crippen LogP contribution >= 0.6 is 0 Å². The van der Waals surface area contributed by atoms with Gasteiger partial charge in [0.25, 0.3) is 0 Å². The summed E-state index contributed by atoms with van der Waals surface area (Å²) in [6.45, 7) is 4.09. The third kappa shape index (κ3) is 3.95. The normalized spacial score (nSPS) is 24.8. The van der Waals surface area contributed by atoms with E-state index in [-0.39, 0.29) is 41.1 Å². The number of benzene rings is 2. The minimum Gasteiger partial charge on any atom is -0.481 e. The van der Waals surface area contributed by atoms with Crippen molar-refractivity contribution < 1.29 is 32.2 Å². The standard InChI is InChI=1S/C29H26F4N2O3/c1-28(2)13-35-26(16-5-3-4-6-19(16)29(31,32)33)24-20(28)8-7-14(25(24)30)12-38-21-10-15-9-17-22(18(15)11-34-21)23(17)27(36)37/h3-8,10-11,17,22-23,26,35H,9,12-13H2,1-2H3,(H,36,37)/t17-,22-,23+,26?/m1/s1. The summed E-state index contributed by atoms with van der Waals surface area (Å²) in [6.07, 6.45) is -2.30. The lowest BCUT2D eigenvalue weighted by Crippen LogP contribution is -2.43. The molecule has 2 N–H and O–H groups in total. The van der Waals surface area contributed by atoms with Crippen molar-refractivity contribution in [3.05, 3.63) is 93.4 Å². The summed E-state index contributed by atoms with van der Waals surface area (Å²) in [6, 6.07) is 9.45. The Balaban J connectivity index is 1.30. The molecule has 2 heterocycles. The molecule has 3 aromatic rings. The highest BCUT2D eigenvalue weighted by Gasteiger charge is 2.60. The van der Waals surface area contributed by atoms with E-state index < -0.39 is 35.0 Å². The molecule has 9 heteroatoms. The maximum Gasteiger partial charge on any atom is 0.416 e. The van der Waals surface area contributed by atoms with Crippen LogP contribution in [0.5, 0.6) is 5.88 Å². The molecule has 6 rings (SSSR count). The lowest BCUT2D eigenvalue weighted by Gasteiger charge is -2.39. The number of ether oxygens (including phenoxy) is 1. The van der Waals surface area contributed by atoms with Crippen molar-refractivity contribution in [2.24, 2.45) is 11.8 Å². The van der Waals surface area contributed by atoms with Gasteiger partial charge in [-0.15, -0.1) is 0 Å². The number of carboxylic acids is 1. The zero-order chi connectivity index (χ0) is 27.0. The highest BCUT2D eigenvalue weighted by atomic mass is 19.4. The van der Waals surface area contributed by atoms with Gasteiger partial charge in [0.2, 0.25) is 5.88 Å². The number of carbonyl (C=O) groups is 1. The van der Waals surface area contributed by atoms with Crippen molar-refractivity contribution in [2.75, 3.05) is 6.54 Å². The van der Waals surface area contributed by atoms with Crippen LogP contribution in [0.15, 0.2) is 48.7 Å². The Kier molecular flexibility index (Phi) is 5.58. The van der Waals surface area contributed by atoms with Crippen LogP contribution in [0, 0.1) is 17.7 Å². The summed E-state index contributed by atoms with van der Waals surface area (Å²) >= 11 is 0. The third-order valence-electron chi connectivity index (χ3n) is 8.25. The molecule has 1 saturated carbocycles. The Bertz CT molecular complexity index is 1450. The van der Waals surface area contributed by atoms with Gasteiger partial charge < -0.3 is 15.2 Å². The monoisotopic (exact) mass is 526 g/mol. The van der Waals surface area contributed by atoms with Gasteiger partial charge in [-0.1, -0.05) is 44.2 Å². The summed E-state index contributed by atoms with van der Waals surface area (Å²) in [5, 5.41) is 12.4. The summed E-state index contributed by atoms with van der Waals surface area (Å²) in [5.41, 5.74) is 1.67. The van der Waals surface area contributed by atoms with Crippen LogP contribution in [0.4, 0.5) is 17.6 Å². The molecule has 1 aromatic heterocycles. The lowest BCUT2D eigenvalue weighted by atomic mass is 9.74. The summed E-state index contributed by atoms with van der Waals surface area (Å²) < 4.78 is 63.4. The number of fused-ring (bicyclic) bond motifs is 4. The molecular formula is C29H26F4N2O3. The number of aliphatic carboxylic acids is 1. The highest BCUT2D eigenvalue weighted by molar-refractivity contribution is 5.77. The number of hydrogen-bond acceptors (Lipinski definition) is 4. The van der Waals surface area contributed by atoms with Gasteiger partial charge in [-0.25, -0.2) is 9.37 Å². The van der Waals surface area contributed by atoms with Gasteiger partial charge >= 0.3 is 12.1 Å². The number of carboxylic acid groups (broad SMARTS) is 1. The quantitative estimate of drug-likeness (QED) is 0.414. The first kappa shape index (κ1) is 24.9. The molecule has 3 aliphatic rings. The number of nitrogens with zero attached hydrogens (tertiary/aromatic N) is 1. The number of hydrogen-bond donors (Lipinski definition) is 2. The zero-order valence-corrected chi connectivity index (χ0v) is 20.8. The van der Waals surface area contributed by atoms with Crippen LogP contribution in [0.1, 0.15) is 64.8 Å². The van der Waals surface area contributed by atoms with Crippen molar-refractivity contribution in [1.29, 1.82) is 0 Å². The van der Waals surface area contributed by atoms with Gasteiger partial charge in [0.15, 0.2) is 0 Å². The number of rotatable bonds is 5. The van der Waals surface area contributed by atoms with Crippen LogP contribution in [-0.2, 0) is 29.4 Å². The SMILES string of the molecule is CC1(C)CNC(c2ccccc2C(F)(F)F)c2c1ccc(COc1cc3c(cn1)[C@H]1[C@@H](C3)[C@@H]1C(=O)O)c2F. The smallest absolute Gasteiger partial charge is 0.416 e. The van der Waals surface area contributed by atoms with Gasteiger partial charge in [-0.05, 0) is 40.7 Å². The van der Waals surface area contributed by atoms with Crippen LogP contribution in [0.2, 0.25) is 0 Å². The minimum absolute atomic E-state index is 0.00509. The second-order valence-corrected chi connectivity index (χ2v) is 11.1. The van der Waals surface area contributed by atoms with Gasteiger partial charge in [0.05, 0.1) is 17.5 Å². The van der Waals surface area contributed by atoms with E-state index in [1.54, 1.807) is 24.4 Å². The molecule has 4 atom stereocenters. The number of pyridine rings is 1. The molecule has 0 radical (unpaired) electrons. The topological polar surface area (TPSA) is 71.5 Å². The second-order valence-electron chi connectivity index (χ2n) is 11.1. The van der Waals surface area contributed by atoms with Gasteiger partial charge in [-0.3, -0.25) is 4.79 Å². The molecule has 198 valence electrons. The van der Waals surface area contributed by atoms with E-state index in [1.807, 2.05) is 13.8 Å². The van der Waals surface area contributed by atoms with Crippen LogP contribution in [0.25, 0.3) is 0 Å². The Morgan fingerprint density at radius 3 is 2.68 bits per heavy atom. The second kappa shape index (κ2) is 8.53. The Hall–Kier alpha value is -3.46. The number of aromatic nitrogens is 1. The van der Waals surface area contributed by atoms with Crippen molar-refractivity contribution in [2.45, 2.75) is 50.4 Å². The average molecular weight is 527 g/mol. The Morgan fingerprint density at radius 2 is 1.95 bits per heavy atom. The maximum absolute atomic E-state index is 16.1. The Labute approximate surface area is 216 Å². The Morgan fingerprint density at radius 1 is 1.18 bits per heavy atom. The fourth-order valence-electron chi connectivity index (χ4n) is 6.28. The van der Waals surface area contributed by atoms with E-state index in [0.717, 1.165) is 17.2 Å². The zero-order valence-electron chi connectivity index (χ0n) is 20.8. The van der Waals surface area contributed by atoms with Crippen LogP contribution in [0.3, 0.4) is 0 Å². The minimum atomic E-state index is -4.58. The van der Waals surface area contributed by atoms with E-state index in [9.17, 15) is 23.1 Å². The van der Waals surface area contributed by atoms with Crippen molar-refractivity contribution in [3.8, 4) is 5.88 Å². The number of nitrogens with one attached hydrogen (secondary N) is 1. The van der Waals surface area contributed by atoms with E-state index in [4.69, 9.17) is 4.74 Å². The number of halogens is 4. The summed E-state index contributed by atoms with van der Waals surface area (Å²) in [7, 11) is 0. The van der Waals surface area contributed by atoms with Gasteiger partial charge in [-0.2, -0.15) is 13.2 Å². The fourth-order valence-corrected chi connectivity index (χ4v) is 6.28. The molecule has 2 aliphatic carbocycles. The molecule has 1 unspecified atom stereocenters. The fraction of sp³-hybridized carbons (Fsp3) is 0.379. The molecule has 1 fully saturated rings. The molecular weight excluding hydrogens is 500 g/mol. The predicted octanol–water partition coefficient (Wildman–Crippen LogP) is 5.76. The van der Waals surface area contributed by atoms with E-state index >= 15 is 4.39 Å². The first-order valence-corrected chi connectivity index (χ1v) is 12.5. The molecule has 0 bridgehead atoms. The largest absolute Gasteiger partial charge is 0.481 e. The molecule has 0 spiro atoms. The average Bonchev–Trinajstić information content (AvgIpc) is 3.46. The maximum atomic E-state index is 16.1. The molecule has 0 saturated heterocycles. The first-order chi connectivity index (χ1) is 18.0. The highest BCUT2D eigenvalue weighted by Crippen LogP contribution is 2.61. The van der Waals surface area contributed by atoms with Gasteiger partial charge in [0, 0.05) is 41.3 Å². The van der Waals surface area contributed by atoms with Crippen molar-refractivity contribution >= 4 is 5.97 Å². The predicted molar refractivity (Wildman–Crippen MR) is 130 cm³/mol. The lowest BCUT2D eigenvalue weighted by molar-refractivity contribution is -0.139. The third-order valence-corrected chi connectivity index (χ3v) is 8.25. The molecule has 1 aliphatic heterocycles. The van der Waals surface area contributed by atoms with Crippen LogP contribution in [-0.4, -0.2) is 22.6 Å². The van der Waals surface area contributed by atoms with Crippen LogP contribution < -0.4 is 10.1 Å². The summed E-state index contributed by atoms with van der Waals surface area (Å²) in [4.78, 5) is 15.6. The van der Waals surface area contributed by atoms with Crippen molar-refractivity contribution in [3.63, 3.8) is 0 Å². The molecule has 38 heavy (non-hydrogen) atoms. The molecule has 0 amide bonds. The van der Waals surface area contributed by atoms with Gasteiger partial charge in [0.1, 0.15) is 12.4 Å². The van der Waals surface area contributed by atoms with E-state index in [2.05, 4.69) is 10.3 Å². The van der Waals surface area contributed by atoms with E-state index in [1.165, 1.54) is 18.2 Å². The van der Waals surface area contributed by atoms with E-state index in [0.29, 0.717) is 24.4 Å². The van der Waals surface area contributed by atoms with Crippen molar-refractivity contribution in [1.82, 2.24) is 10.3 Å². The molecule has 2 aromatic carbocycles. The summed E-state index contributed by atoms with van der Waals surface area (Å²) in [5.74, 6) is -1.36. The number of alkyl halides is 3. The first-order valence-electron chi connectivity index (χ1n) is 12.5. The molecule has 5 nitrogen and oxygen atoms in total.